The molecule has 0 bridgehead atoms. The maximum atomic E-state index is 13.2. The number of fused-ring (bicyclic) bond motifs is 1. The maximum Gasteiger partial charge on any atom is 0.282 e. The first-order valence-electron chi connectivity index (χ1n) is 9.14. The van der Waals surface area contributed by atoms with Gasteiger partial charge in [0, 0.05) is 18.1 Å². The molecule has 2 heterocycles. The van der Waals surface area contributed by atoms with E-state index in [4.69, 9.17) is 0 Å². The fraction of sp³-hybridized carbons (Fsp3) is 0.0952. The van der Waals surface area contributed by atoms with Crippen LogP contribution in [0.5, 0.6) is 0 Å². The molecule has 1 N–H and O–H groups in total. The molecule has 2 aromatic heterocycles. The van der Waals surface area contributed by atoms with Gasteiger partial charge in [-0.2, -0.15) is 0 Å². The quantitative estimate of drug-likeness (QED) is 0.367. The fourth-order valence-electron chi connectivity index (χ4n) is 2.81. The van der Waals surface area contributed by atoms with Crippen molar-refractivity contribution in [3.05, 3.63) is 88.5 Å². The van der Waals surface area contributed by atoms with Gasteiger partial charge in [-0.1, -0.05) is 23.9 Å². The summed E-state index contributed by atoms with van der Waals surface area (Å²) < 4.78 is 27.6. The van der Waals surface area contributed by atoms with E-state index < -0.39 is 11.4 Å². The van der Waals surface area contributed by atoms with Gasteiger partial charge in [0.1, 0.15) is 11.6 Å². The smallest absolute Gasteiger partial charge is 0.282 e. The van der Waals surface area contributed by atoms with Crippen LogP contribution in [-0.2, 0) is 11.3 Å². The highest BCUT2D eigenvalue weighted by atomic mass is 32.2. The minimum absolute atomic E-state index is 0.0427. The Balaban J connectivity index is 1.60. The zero-order valence-corrected chi connectivity index (χ0v) is 16.8. The zero-order chi connectivity index (χ0) is 21.8. The maximum absolute atomic E-state index is 13.2. The van der Waals surface area contributed by atoms with Crippen molar-refractivity contribution >= 4 is 34.5 Å². The van der Waals surface area contributed by atoms with Gasteiger partial charge in [-0.15, -0.1) is 0 Å². The number of halogens is 2. The number of anilines is 1. The van der Waals surface area contributed by atoms with E-state index >= 15 is 0 Å². The highest BCUT2D eigenvalue weighted by Crippen LogP contribution is 2.18. The molecule has 0 fully saturated rings. The summed E-state index contributed by atoms with van der Waals surface area (Å²) >= 11 is 1.05. The Morgan fingerprint density at radius 2 is 1.61 bits per heavy atom. The van der Waals surface area contributed by atoms with Gasteiger partial charge in [-0.3, -0.25) is 14.2 Å². The lowest BCUT2D eigenvalue weighted by atomic mass is 10.2. The Morgan fingerprint density at radius 3 is 2.32 bits per heavy atom. The first kappa shape index (κ1) is 20.6. The van der Waals surface area contributed by atoms with Crippen LogP contribution in [0, 0.1) is 11.6 Å². The molecule has 156 valence electrons. The highest BCUT2D eigenvalue weighted by Gasteiger charge is 2.15. The SMILES string of the molecule is O=C(CSc1nc2nccnc2c(=O)n1Cc1ccc(F)cc1)Nc1ccc(F)cc1. The number of amides is 1. The molecule has 0 aliphatic heterocycles. The molecule has 4 rings (SSSR count). The van der Waals surface area contributed by atoms with Crippen molar-refractivity contribution < 1.29 is 13.6 Å². The van der Waals surface area contributed by atoms with Crippen molar-refractivity contribution in [3.63, 3.8) is 0 Å². The molecule has 4 aromatic rings. The fourth-order valence-corrected chi connectivity index (χ4v) is 3.60. The second-order valence-corrected chi connectivity index (χ2v) is 7.43. The van der Waals surface area contributed by atoms with Gasteiger partial charge in [0.05, 0.1) is 12.3 Å². The van der Waals surface area contributed by atoms with Crippen LogP contribution in [0.3, 0.4) is 0 Å². The van der Waals surface area contributed by atoms with Crippen LogP contribution in [0.25, 0.3) is 11.2 Å². The molecule has 0 spiro atoms. The van der Waals surface area contributed by atoms with Crippen molar-refractivity contribution in [2.45, 2.75) is 11.7 Å². The van der Waals surface area contributed by atoms with Crippen molar-refractivity contribution in [1.29, 1.82) is 0 Å². The molecular formula is C21H15F2N5O2S. The Bertz CT molecular complexity index is 1290. The Kier molecular flexibility index (Phi) is 5.99. The number of hydrogen-bond donors (Lipinski definition) is 1. The van der Waals surface area contributed by atoms with Gasteiger partial charge >= 0.3 is 0 Å². The molecule has 0 radical (unpaired) electrons. The van der Waals surface area contributed by atoms with E-state index in [1.54, 1.807) is 12.1 Å². The first-order chi connectivity index (χ1) is 15.0. The average molecular weight is 439 g/mol. The van der Waals surface area contributed by atoms with Crippen LogP contribution in [-0.4, -0.2) is 31.2 Å². The van der Waals surface area contributed by atoms with Crippen molar-refractivity contribution in [3.8, 4) is 0 Å². The lowest BCUT2D eigenvalue weighted by Gasteiger charge is -2.12. The lowest BCUT2D eigenvalue weighted by Crippen LogP contribution is -2.25. The van der Waals surface area contributed by atoms with Gasteiger partial charge < -0.3 is 5.32 Å². The molecule has 2 aromatic carbocycles. The number of rotatable bonds is 6. The monoisotopic (exact) mass is 439 g/mol. The van der Waals surface area contributed by atoms with E-state index in [2.05, 4.69) is 20.3 Å². The Hall–Kier alpha value is -3.66. The van der Waals surface area contributed by atoms with Crippen LogP contribution in [0.2, 0.25) is 0 Å². The largest absolute Gasteiger partial charge is 0.325 e. The topological polar surface area (TPSA) is 89.8 Å². The number of nitrogens with zero attached hydrogens (tertiary/aromatic N) is 4. The third-order valence-electron chi connectivity index (χ3n) is 4.27. The third-order valence-corrected chi connectivity index (χ3v) is 5.25. The molecule has 0 aliphatic rings. The number of aromatic nitrogens is 4. The van der Waals surface area contributed by atoms with Crippen LogP contribution < -0.4 is 10.9 Å². The van der Waals surface area contributed by atoms with E-state index in [1.807, 2.05) is 0 Å². The number of benzene rings is 2. The van der Waals surface area contributed by atoms with E-state index in [9.17, 15) is 18.4 Å². The summed E-state index contributed by atoms with van der Waals surface area (Å²) in [6.45, 7) is 0.126. The zero-order valence-electron chi connectivity index (χ0n) is 16.0. The van der Waals surface area contributed by atoms with Crippen LogP contribution in [0.1, 0.15) is 5.56 Å². The van der Waals surface area contributed by atoms with Gasteiger partial charge in [-0.25, -0.2) is 23.7 Å². The summed E-state index contributed by atoms with van der Waals surface area (Å²) in [5.74, 6) is -1.18. The second kappa shape index (κ2) is 9.00. The van der Waals surface area contributed by atoms with Crippen LogP contribution in [0.4, 0.5) is 14.5 Å². The Morgan fingerprint density at radius 1 is 0.968 bits per heavy atom. The molecule has 0 aliphatic carbocycles. The minimum Gasteiger partial charge on any atom is -0.325 e. The number of hydrogen-bond acceptors (Lipinski definition) is 6. The summed E-state index contributed by atoms with van der Waals surface area (Å²) in [5.41, 5.74) is 0.997. The normalized spacial score (nSPS) is 10.9. The van der Waals surface area contributed by atoms with Crippen molar-refractivity contribution in [2.75, 3.05) is 11.1 Å². The van der Waals surface area contributed by atoms with Gasteiger partial charge in [-0.05, 0) is 42.0 Å². The molecule has 31 heavy (non-hydrogen) atoms. The Labute approximate surface area is 179 Å². The predicted molar refractivity (Wildman–Crippen MR) is 113 cm³/mol. The number of nitrogens with one attached hydrogen (secondary N) is 1. The lowest BCUT2D eigenvalue weighted by molar-refractivity contribution is -0.113. The standard InChI is InChI=1S/C21H15F2N5O2S/c22-14-3-1-13(2-4-14)11-28-20(30)18-19(25-10-9-24-18)27-21(28)31-12-17(29)26-16-7-5-15(23)6-8-16/h1-10H,11-12H2,(H,26,29). The molecule has 1 amide bonds. The van der Waals surface area contributed by atoms with Gasteiger partial charge in [0.2, 0.25) is 5.91 Å². The van der Waals surface area contributed by atoms with Crippen molar-refractivity contribution in [2.24, 2.45) is 0 Å². The minimum atomic E-state index is -0.413. The molecule has 0 saturated carbocycles. The molecule has 7 nitrogen and oxygen atoms in total. The second-order valence-electron chi connectivity index (χ2n) is 6.48. The summed E-state index contributed by atoms with van der Waals surface area (Å²) in [6, 6.07) is 11.1. The number of thioether (sulfide) groups is 1. The van der Waals surface area contributed by atoms with E-state index in [0.717, 1.165) is 11.8 Å². The van der Waals surface area contributed by atoms with E-state index in [1.165, 1.54) is 53.4 Å². The summed E-state index contributed by atoms with van der Waals surface area (Å²) in [6.07, 6.45) is 2.82. The summed E-state index contributed by atoms with van der Waals surface area (Å²) in [5, 5.41) is 2.93. The summed E-state index contributed by atoms with van der Waals surface area (Å²) in [4.78, 5) is 37.8. The predicted octanol–water partition coefficient (Wildman–Crippen LogP) is 3.24. The van der Waals surface area contributed by atoms with Gasteiger partial charge in [0.15, 0.2) is 16.3 Å². The third kappa shape index (κ3) is 4.92. The molecule has 10 heteroatoms. The van der Waals surface area contributed by atoms with E-state index in [-0.39, 0.29) is 40.3 Å². The molecular weight excluding hydrogens is 424 g/mol. The molecule has 0 saturated heterocycles. The highest BCUT2D eigenvalue weighted by molar-refractivity contribution is 7.99. The van der Waals surface area contributed by atoms with Gasteiger partial charge in [0.25, 0.3) is 5.56 Å². The molecule has 0 atom stereocenters. The van der Waals surface area contributed by atoms with Crippen LogP contribution >= 0.6 is 11.8 Å². The van der Waals surface area contributed by atoms with E-state index in [0.29, 0.717) is 11.3 Å². The van der Waals surface area contributed by atoms with Crippen LogP contribution in [0.15, 0.2) is 70.9 Å². The number of carbonyl (C=O) groups is 1. The first-order valence-corrected chi connectivity index (χ1v) is 10.1. The molecule has 0 unspecified atom stereocenters. The van der Waals surface area contributed by atoms with Crippen molar-refractivity contribution in [1.82, 2.24) is 19.5 Å². The average Bonchev–Trinajstić information content (AvgIpc) is 2.77. The summed E-state index contributed by atoms with van der Waals surface area (Å²) in [7, 11) is 0. The number of carbonyl (C=O) groups excluding carboxylic acids is 1.